The molecule has 23 heavy (non-hydrogen) atoms. The van der Waals surface area contributed by atoms with Gasteiger partial charge in [-0.05, 0) is 44.1 Å². The second-order valence-corrected chi connectivity index (χ2v) is 6.93. The van der Waals surface area contributed by atoms with Crippen molar-refractivity contribution in [2.45, 2.75) is 51.1 Å². The van der Waals surface area contributed by atoms with E-state index in [2.05, 4.69) is 59.6 Å². The molecule has 1 aliphatic carbocycles. The van der Waals surface area contributed by atoms with Crippen molar-refractivity contribution in [2.75, 3.05) is 13.1 Å². The molecule has 1 N–H and O–H groups in total. The zero-order valence-corrected chi connectivity index (χ0v) is 14.1. The van der Waals surface area contributed by atoms with Gasteiger partial charge in [0.05, 0.1) is 0 Å². The van der Waals surface area contributed by atoms with E-state index in [0.29, 0.717) is 24.4 Å². The number of nitrogens with zero attached hydrogens (tertiary/aromatic N) is 1. The van der Waals surface area contributed by atoms with Crippen LogP contribution in [0.25, 0.3) is 0 Å². The maximum absolute atomic E-state index is 12.1. The first-order chi connectivity index (χ1) is 11.2. The first kappa shape index (κ1) is 16.3. The van der Waals surface area contributed by atoms with Gasteiger partial charge in [0.2, 0.25) is 5.91 Å². The molecule has 3 rings (SSSR count). The van der Waals surface area contributed by atoms with Gasteiger partial charge >= 0.3 is 0 Å². The fourth-order valence-electron chi connectivity index (χ4n) is 3.76. The van der Waals surface area contributed by atoms with E-state index in [0.717, 1.165) is 38.8 Å². The van der Waals surface area contributed by atoms with Crippen LogP contribution in [0.2, 0.25) is 0 Å². The van der Waals surface area contributed by atoms with Crippen LogP contribution in [0.1, 0.15) is 50.6 Å². The van der Waals surface area contributed by atoms with Gasteiger partial charge in [0.1, 0.15) is 0 Å². The van der Waals surface area contributed by atoms with E-state index < -0.39 is 0 Å². The van der Waals surface area contributed by atoms with Gasteiger partial charge in [-0.2, -0.15) is 0 Å². The molecule has 0 radical (unpaired) electrons. The Bertz CT molecular complexity index is 532. The van der Waals surface area contributed by atoms with E-state index in [-0.39, 0.29) is 5.91 Å². The topological polar surface area (TPSA) is 32.3 Å². The second-order valence-electron chi connectivity index (χ2n) is 6.93. The quantitative estimate of drug-likeness (QED) is 0.841. The van der Waals surface area contributed by atoms with Gasteiger partial charge in [-0.25, -0.2) is 0 Å². The fraction of sp³-hybridized carbons (Fsp3) is 0.550. The molecule has 124 valence electrons. The van der Waals surface area contributed by atoms with Crippen molar-refractivity contribution >= 4 is 5.91 Å². The number of nitrogens with one attached hydrogen (secondary N) is 1. The van der Waals surface area contributed by atoms with Gasteiger partial charge in [-0.15, -0.1) is 0 Å². The van der Waals surface area contributed by atoms with Crippen molar-refractivity contribution in [3.63, 3.8) is 0 Å². The predicted molar refractivity (Wildman–Crippen MR) is 94.1 cm³/mol. The summed E-state index contributed by atoms with van der Waals surface area (Å²) >= 11 is 0. The number of carbonyl (C=O) groups is 1. The Balaban J connectivity index is 1.43. The Labute approximate surface area is 139 Å². The highest BCUT2D eigenvalue weighted by atomic mass is 16.1. The highest BCUT2D eigenvalue weighted by Gasteiger charge is 2.25. The number of hydrogen-bond acceptors (Lipinski definition) is 2. The van der Waals surface area contributed by atoms with Crippen LogP contribution in [0.4, 0.5) is 0 Å². The molecule has 0 saturated carbocycles. The molecular weight excluding hydrogens is 284 g/mol. The highest BCUT2D eigenvalue weighted by molar-refractivity contribution is 5.76. The minimum absolute atomic E-state index is 0.233. The van der Waals surface area contributed by atoms with Crippen LogP contribution in [0.5, 0.6) is 0 Å². The number of likely N-dealkylation sites (tertiary alicyclic amines) is 1. The summed E-state index contributed by atoms with van der Waals surface area (Å²) < 4.78 is 0. The molecule has 3 heteroatoms. The molecule has 0 aromatic heterocycles. The van der Waals surface area contributed by atoms with Crippen molar-refractivity contribution in [3.05, 3.63) is 48.0 Å². The van der Waals surface area contributed by atoms with Crippen LogP contribution < -0.4 is 5.32 Å². The summed E-state index contributed by atoms with van der Waals surface area (Å²) in [6.07, 6.45) is 9.45. The van der Waals surface area contributed by atoms with Crippen molar-refractivity contribution in [1.82, 2.24) is 10.2 Å². The van der Waals surface area contributed by atoms with Crippen molar-refractivity contribution < 1.29 is 4.79 Å². The van der Waals surface area contributed by atoms with Crippen LogP contribution in [0.3, 0.4) is 0 Å². The number of hydrogen-bond donors (Lipinski definition) is 1. The highest BCUT2D eigenvalue weighted by Crippen LogP contribution is 2.24. The molecular formula is C20H28N2O. The molecule has 0 spiro atoms. The van der Waals surface area contributed by atoms with E-state index in [1.807, 2.05) is 0 Å². The lowest BCUT2D eigenvalue weighted by atomic mass is 9.99. The smallest absolute Gasteiger partial charge is 0.220 e. The molecule has 1 amide bonds. The zero-order chi connectivity index (χ0) is 16.1. The number of benzene rings is 1. The first-order valence-corrected chi connectivity index (χ1v) is 8.97. The number of carbonyl (C=O) groups excluding carboxylic acids is 1. The Morgan fingerprint density at radius 3 is 2.61 bits per heavy atom. The maximum Gasteiger partial charge on any atom is 0.220 e. The lowest BCUT2D eigenvalue weighted by Gasteiger charge is -2.36. The Morgan fingerprint density at radius 1 is 1.22 bits per heavy atom. The lowest BCUT2D eigenvalue weighted by molar-refractivity contribution is -0.122. The van der Waals surface area contributed by atoms with E-state index in [9.17, 15) is 4.79 Å². The Kier molecular flexibility index (Phi) is 5.50. The van der Waals surface area contributed by atoms with Gasteiger partial charge in [0.15, 0.2) is 0 Å². The summed E-state index contributed by atoms with van der Waals surface area (Å²) in [6.45, 7) is 4.40. The number of piperidine rings is 1. The van der Waals surface area contributed by atoms with Crippen molar-refractivity contribution in [2.24, 2.45) is 5.92 Å². The molecule has 1 fully saturated rings. The van der Waals surface area contributed by atoms with E-state index in [1.54, 1.807) is 0 Å². The average molecular weight is 312 g/mol. The maximum atomic E-state index is 12.1. The first-order valence-electron chi connectivity index (χ1n) is 8.97. The van der Waals surface area contributed by atoms with Gasteiger partial charge in [0.25, 0.3) is 0 Å². The number of rotatable bonds is 5. The fourth-order valence-corrected chi connectivity index (χ4v) is 3.76. The summed E-state index contributed by atoms with van der Waals surface area (Å²) in [5, 5.41) is 3.25. The molecule has 1 heterocycles. The van der Waals surface area contributed by atoms with Crippen LogP contribution in [0.15, 0.2) is 42.5 Å². The van der Waals surface area contributed by atoms with E-state index in [4.69, 9.17) is 0 Å². The molecule has 2 atom stereocenters. The third kappa shape index (κ3) is 4.44. The lowest BCUT2D eigenvalue weighted by Crippen LogP contribution is -2.45. The number of allylic oxidation sites excluding steroid dienone is 2. The Morgan fingerprint density at radius 2 is 1.96 bits per heavy atom. The van der Waals surface area contributed by atoms with E-state index >= 15 is 0 Å². The second kappa shape index (κ2) is 7.78. The van der Waals surface area contributed by atoms with Crippen LogP contribution in [-0.2, 0) is 4.79 Å². The molecule has 3 nitrogen and oxygen atoms in total. The summed E-state index contributed by atoms with van der Waals surface area (Å²) in [7, 11) is 0. The number of amides is 1. The largest absolute Gasteiger partial charge is 0.353 e. The predicted octanol–water partition coefficient (Wildman–Crippen LogP) is 3.68. The molecule has 0 bridgehead atoms. The summed E-state index contributed by atoms with van der Waals surface area (Å²) in [5.74, 6) is 0.698. The van der Waals surface area contributed by atoms with Crippen LogP contribution >= 0.6 is 0 Å². The molecule has 1 saturated heterocycles. The van der Waals surface area contributed by atoms with Gasteiger partial charge in [0, 0.05) is 31.6 Å². The SMILES string of the molecule is CC(c1ccccc1)N1CCC(NC(=O)CC2C=CCC2)CC1. The van der Waals surface area contributed by atoms with Gasteiger partial charge in [-0.3, -0.25) is 9.69 Å². The third-order valence-electron chi connectivity index (χ3n) is 5.28. The van der Waals surface area contributed by atoms with Crippen LogP contribution in [0, 0.1) is 5.92 Å². The third-order valence-corrected chi connectivity index (χ3v) is 5.28. The van der Waals surface area contributed by atoms with E-state index in [1.165, 1.54) is 5.56 Å². The molecule has 1 aromatic rings. The van der Waals surface area contributed by atoms with Crippen molar-refractivity contribution in [1.29, 1.82) is 0 Å². The summed E-state index contributed by atoms with van der Waals surface area (Å²) in [6, 6.07) is 11.5. The summed E-state index contributed by atoms with van der Waals surface area (Å²) in [5.41, 5.74) is 1.38. The molecule has 2 unspecified atom stereocenters. The van der Waals surface area contributed by atoms with Crippen LogP contribution in [-0.4, -0.2) is 29.9 Å². The minimum Gasteiger partial charge on any atom is -0.353 e. The van der Waals surface area contributed by atoms with Gasteiger partial charge in [-0.1, -0.05) is 42.5 Å². The average Bonchev–Trinajstić information content (AvgIpc) is 3.08. The zero-order valence-electron chi connectivity index (χ0n) is 14.1. The normalized spacial score (nSPS) is 23.8. The molecule has 1 aromatic carbocycles. The summed E-state index contributed by atoms with van der Waals surface area (Å²) in [4.78, 5) is 14.7. The standard InChI is InChI=1S/C20H28N2O/c1-16(18-9-3-2-4-10-18)22-13-11-19(12-14-22)21-20(23)15-17-7-5-6-8-17/h2-5,7,9-10,16-17,19H,6,8,11-15H2,1H3,(H,21,23). The monoisotopic (exact) mass is 312 g/mol. The van der Waals surface area contributed by atoms with Crippen molar-refractivity contribution in [3.8, 4) is 0 Å². The molecule has 1 aliphatic heterocycles. The minimum atomic E-state index is 0.233. The van der Waals surface area contributed by atoms with Gasteiger partial charge < -0.3 is 5.32 Å². The molecule has 2 aliphatic rings. The Hall–Kier alpha value is -1.61.